The molecule has 1 atom stereocenters. The second kappa shape index (κ2) is 7.07. The lowest BCUT2D eigenvalue weighted by Crippen LogP contribution is -2.17. The molecule has 0 aliphatic heterocycles. The Morgan fingerprint density at radius 1 is 0.947 bits per heavy atom. The summed E-state index contributed by atoms with van der Waals surface area (Å²) in [6.07, 6.45) is 0.984. The van der Waals surface area contributed by atoms with E-state index in [2.05, 4.69) is 53.8 Å². The van der Waals surface area contributed by atoms with Crippen molar-refractivity contribution in [3.05, 3.63) is 60.2 Å². The molecule has 2 aromatic carbocycles. The molecule has 19 heavy (non-hydrogen) atoms. The van der Waals surface area contributed by atoms with Crippen LogP contribution >= 0.6 is 0 Å². The van der Waals surface area contributed by atoms with Crippen LogP contribution in [0.1, 0.15) is 18.0 Å². The van der Waals surface area contributed by atoms with E-state index >= 15 is 0 Å². The van der Waals surface area contributed by atoms with Gasteiger partial charge in [-0.15, -0.1) is 0 Å². The quantitative estimate of drug-likeness (QED) is 0.850. The average molecular weight is 255 g/mol. The molecule has 0 spiro atoms. The summed E-state index contributed by atoms with van der Waals surface area (Å²) in [4.78, 5) is 0. The van der Waals surface area contributed by atoms with Crippen LogP contribution in [0.25, 0.3) is 11.1 Å². The third kappa shape index (κ3) is 3.66. The zero-order chi connectivity index (χ0) is 13.5. The van der Waals surface area contributed by atoms with Gasteiger partial charge >= 0.3 is 0 Å². The SMILES string of the molecule is CNC(CCOC)c1ccc(-c2ccccc2)cc1. The van der Waals surface area contributed by atoms with Gasteiger partial charge in [0.25, 0.3) is 0 Å². The summed E-state index contributed by atoms with van der Waals surface area (Å²) in [5, 5.41) is 3.33. The highest BCUT2D eigenvalue weighted by Gasteiger charge is 2.08. The van der Waals surface area contributed by atoms with Gasteiger partial charge < -0.3 is 10.1 Å². The van der Waals surface area contributed by atoms with Crippen LogP contribution in [-0.2, 0) is 4.74 Å². The lowest BCUT2D eigenvalue weighted by Gasteiger charge is -2.16. The first-order valence-corrected chi connectivity index (χ1v) is 6.66. The van der Waals surface area contributed by atoms with E-state index in [1.165, 1.54) is 16.7 Å². The van der Waals surface area contributed by atoms with Gasteiger partial charge in [-0.2, -0.15) is 0 Å². The molecule has 0 amide bonds. The molecule has 1 N–H and O–H groups in total. The van der Waals surface area contributed by atoms with E-state index < -0.39 is 0 Å². The molecule has 2 nitrogen and oxygen atoms in total. The molecule has 0 fully saturated rings. The molecular weight excluding hydrogens is 234 g/mol. The number of ether oxygens (including phenoxy) is 1. The minimum Gasteiger partial charge on any atom is -0.385 e. The first-order chi connectivity index (χ1) is 9.35. The van der Waals surface area contributed by atoms with Gasteiger partial charge in [0.1, 0.15) is 0 Å². The van der Waals surface area contributed by atoms with Crippen molar-refractivity contribution in [2.75, 3.05) is 20.8 Å². The molecule has 0 saturated carbocycles. The zero-order valence-corrected chi connectivity index (χ0v) is 11.6. The Morgan fingerprint density at radius 2 is 1.58 bits per heavy atom. The lowest BCUT2D eigenvalue weighted by atomic mass is 9.99. The van der Waals surface area contributed by atoms with Crippen molar-refractivity contribution in [2.45, 2.75) is 12.5 Å². The third-order valence-corrected chi connectivity index (χ3v) is 3.38. The van der Waals surface area contributed by atoms with Crippen molar-refractivity contribution in [3.63, 3.8) is 0 Å². The van der Waals surface area contributed by atoms with Gasteiger partial charge in [-0.1, -0.05) is 54.6 Å². The second-order valence-corrected chi connectivity index (χ2v) is 4.61. The molecule has 0 bridgehead atoms. The maximum absolute atomic E-state index is 5.15. The third-order valence-electron chi connectivity index (χ3n) is 3.38. The van der Waals surface area contributed by atoms with Crippen molar-refractivity contribution in [3.8, 4) is 11.1 Å². The van der Waals surface area contributed by atoms with Crippen LogP contribution in [-0.4, -0.2) is 20.8 Å². The van der Waals surface area contributed by atoms with Crippen molar-refractivity contribution in [2.24, 2.45) is 0 Å². The summed E-state index contributed by atoms with van der Waals surface area (Å²) >= 11 is 0. The molecule has 2 rings (SSSR count). The van der Waals surface area contributed by atoms with Gasteiger partial charge in [0.2, 0.25) is 0 Å². The second-order valence-electron chi connectivity index (χ2n) is 4.61. The van der Waals surface area contributed by atoms with E-state index in [4.69, 9.17) is 4.74 Å². The smallest absolute Gasteiger partial charge is 0.0480 e. The first-order valence-electron chi connectivity index (χ1n) is 6.66. The predicted octanol–water partition coefficient (Wildman–Crippen LogP) is 3.65. The monoisotopic (exact) mass is 255 g/mol. The number of methoxy groups -OCH3 is 1. The van der Waals surface area contributed by atoms with Crippen molar-refractivity contribution in [1.82, 2.24) is 5.32 Å². The molecule has 0 radical (unpaired) electrons. The topological polar surface area (TPSA) is 21.3 Å². The standard InChI is InChI=1S/C17H21NO/c1-18-17(12-13-19-2)16-10-8-15(9-11-16)14-6-4-3-5-7-14/h3-11,17-18H,12-13H2,1-2H3. The molecule has 100 valence electrons. The summed E-state index contributed by atoms with van der Waals surface area (Å²) in [6.45, 7) is 0.770. The summed E-state index contributed by atoms with van der Waals surface area (Å²) in [5.41, 5.74) is 3.82. The predicted molar refractivity (Wildman–Crippen MR) is 80.2 cm³/mol. The summed E-state index contributed by atoms with van der Waals surface area (Å²) in [6, 6.07) is 19.5. The molecule has 0 saturated heterocycles. The fourth-order valence-electron chi connectivity index (χ4n) is 2.25. The number of benzene rings is 2. The number of hydrogen-bond acceptors (Lipinski definition) is 2. The largest absolute Gasteiger partial charge is 0.385 e. The Hall–Kier alpha value is -1.64. The van der Waals surface area contributed by atoms with Gasteiger partial charge in [0, 0.05) is 19.8 Å². The number of hydrogen-bond donors (Lipinski definition) is 1. The zero-order valence-electron chi connectivity index (χ0n) is 11.6. The highest BCUT2D eigenvalue weighted by atomic mass is 16.5. The maximum Gasteiger partial charge on any atom is 0.0480 e. The molecule has 0 heterocycles. The van der Waals surface area contributed by atoms with Crippen LogP contribution in [0.15, 0.2) is 54.6 Å². The Bertz CT molecular complexity index is 478. The van der Waals surface area contributed by atoms with Crippen molar-refractivity contribution in [1.29, 1.82) is 0 Å². The van der Waals surface area contributed by atoms with Crippen LogP contribution in [0.5, 0.6) is 0 Å². The Morgan fingerprint density at radius 3 is 2.16 bits per heavy atom. The molecular formula is C17H21NO. The number of rotatable bonds is 6. The molecule has 2 aromatic rings. The van der Waals surface area contributed by atoms with E-state index in [9.17, 15) is 0 Å². The first kappa shape index (κ1) is 13.8. The van der Waals surface area contributed by atoms with Crippen LogP contribution in [0.3, 0.4) is 0 Å². The Labute approximate surface area is 115 Å². The summed E-state index contributed by atoms with van der Waals surface area (Å²) < 4.78 is 5.15. The van der Waals surface area contributed by atoms with Crippen LogP contribution in [0.4, 0.5) is 0 Å². The van der Waals surface area contributed by atoms with Gasteiger partial charge in [0.05, 0.1) is 0 Å². The van der Waals surface area contributed by atoms with Gasteiger partial charge in [-0.25, -0.2) is 0 Å². The Balaban J connectivity index is 2.13. The molecule has 2 heteroatoms. The maximum atomic E-state index is 5.15. The molecule has 1 unspecified atom stereocenters. The van der Waals surface area contributed by atoms with E-state index in [0.29, 0.717) is 6.04 Å². The molecule has 0 aliphatic rings. The minimum absolute atomic E-state index is 0.352. The van der Waals surface area contributed by atoms with Crippen LogP contribution < -0.4 is 5.32 Å². The van der Waals surface area contributed by atoms with E-state index in [1.807, 2.05) is 13.1 Å². The van der Waals surface area contributed by atoms with Crippen molar-refractivity contribution < 1.29 is 4.74 Å². The van der Waals surface area contributed by atoms with Gasteiger partial charge in [0.15, 0.2) is 0 Å². The van der Waals surface area contributed by atoms with Crippen molar-refractivity contribution >= 4 is 0 Å². The highest BCUT2D eigenvalue weighted by Crippen LogP contribution is 2.23. The van der Waals surface area contributed by atoms with Crippen LogP contribution in [0.2, 0.25) is 0 Å². The average Bonchev–Trinajstić information content (AvgIpc) is 2.49. The lowest BCUT2D eigenvalue weighted by molar-refractivity contribution is 0.184. The summed E-state index contributed by atoms with van der Waals surface area (Å²) in [5.74, 6) is 0. The Kier molecular flexibility index (Phi) is 5.13. The van der Waals surface area contributed by atoms with E-state index in [1.54, 1.807) is 7.11 Å². The van der Waals surface area contributed by atoms with Gasteiger partial charge in [-0.05, 0) is 30.2 Å². The van der Waals surface area contributed by atoms with Crippen LogP contribution in [0, 0.1) is 0 Å². The number of nitrogens with one attached hydrogen (secondary N) is 1. The normalized spacial score (nSPS) is 12.3. The summed E-state index contributed by atoms with van der Waals surface area (Å²) in [7, 11) is 3.73. The fraction of sp³-hybridized carbons (Fsp3) is 0.294. The minimum atomic E-state index is 0.352. The van der Waals surface area contributed by atoms with E-state index in [0.717, 1.165) is 13.0 Å². The molecule has 0 aliphatic carbocycles. The molecule has 0 aromatic heterocycles. The van der Waals surface area contributed by atoms with Gasteiger partial charge in [-0.3, -0.25) is 0 Å². The van der Waals surface area contributed by atoms with E-state index in [-0.39, 0.29) is 0 Å². The highest BCUT2D eigenvalue weighted by molar-refractivity contribution is 5.63. The fourth-order valence-corrected chi connectivity index (χ4v) is 2.25.